The van der Waals surface area contributed by atoms with E-state index >= 15 is 0 Å². The van der Waals surface area contributed by atoms with Gasteiger partial charge in [-0.3, -0.25) is 4.79 Å². The number of hydrogen-bond acceptors (Lipinski definition) is 4. The number of rotatable bonds is 9. The lowest BCUT2D eigenvalue weighted by Gasteiger charge is -2.26. The van der Waals surface area contributed by atoms with Crippen LogP contribution in [0.2, 0.25) is 0 Å². The van der Waals surface area contributed by atoms with Gasteiger partial charge in [0.15, 0.2) is 0 Å². The molecular weight excluding hydrogens is 361 g/mol. The quantitative estimate of drug-likeness (QED) is 0.669. The number of nitrogens with zero attached hydrogens (tertiary/aromatic N) is 2. The summed E-state index contributed by atoms with van der Waals surface area (Å²) in [6.45, 7) is -0.00823. The van der Waals surface area contributed by atoms with Crippen molar-refractivity contribution in [2.75, 3.05) is 31.5 Å². The smallest absolute Gasteiger partial charge is 0.304 e. The maximum Gasteiger partial charge on any atom is 0.304 e. The van der Waals surface area contributed by atoms with Crippen LogP contribution in [0.4, 0.5) is 10.1 Å². The lowest BCUT2D eigenvalue weighted by molar-refractivity contribution is -0.119. The van der Waals surface area contributed by atoms with Crippen LogP contribution in [-0.4, -0.2) is 45.8 Å². The van der Waals surface area contributed by atoms with Crippen molar-refractivity contribution in [2.45, 2.75) is 12.8 Å². The number of aryl methyl sites for hydroxylation is 1. The summed E-state index contributed by atoms with van der Waals surface area (Å²) < 4.78 is 45.3. The summed E-state index contributed by atoms with van der Waals surface area (Å²) in [5.74, 6) is -0.111. The van der Waals surface area contributed by atoms with Crippen molar-refractivity contribution in [2.24, 2.45) is 0 Å². The molecule has 1 aromatic heterocycles. The van der Waals surface area contributed by atoms with Gasteiger partial charge in [0.2, 0.25) is 5.91 Å². The van der Waals surface area contributed by atoms with E-state index in [9.17, 15) is 17.6 Å². The molecule has 0 bridgehead atoms. The number of carbonyl (C=O) groups excluding carboxylic acids is 1. The van der Waals surface area contributed by atoms with Gasteiger partial charge in [0, 0.05) is 27.1 Å². The van der Waals surface area contributed by atoms with E-state index in [0.717, 1.165) is 26.5 Å². The minimum absolute atomic E-state index is 0.214. The van der Waals surface area contributed by atoms with Crippen molar-refractivity contribution in [3.63, 3.8) is 0 Å². The van der Waals surface area contributed by atoms with Gasteiger partial charge in [0.25, 0.3) is 0 Å². The zero-order valence-corrected chi connectivity index (χ0v) is 15.5. The van der Waals surface area contributed by atoms with Crippen molar-refractivity contribution in [1.29, 1.82) is 0 Å². The number of nitrogens with one attached hydrogen (secondary N) is 1. The average Bonchev–Trinajstić information content (AvgIpc) is 3.11. The first-order valence-electron chi connectivity index (χ1n) is 8.05. The Morgan fingerprint density at radius 2 is 1.88 bits per heavy atom. The first-order chi connectivity index (χ1) is 12.3. The number of amides is 1. The normalized spacial score (nSPS) is 11.5. The summed E-state index contributed by atoms with van der Waals surface area (Å²) in [5.41, 5.74) is 0.214. The van der Waals surface area contributed by atoms with Crippen LogP contribution in [0.1, 0.15) is 12.2 Å². The fourth-order valence-electron chi connectivity index (χ4n) is 2.24. The highest BCUT2D eigenvalue weighted by molar-refractivity contribution is 7.90. The van der Waals surface area contributed by atoms with E-state index in [1.54, 1.807) is 12.3 Å². The zero-order valence-electron chi connectivity index (χ0n) is 14.7. The third-order valence-corrected chi connectivity index (χ3v) is 5.46. The topological polar surface area (TPSA) is 82.9 Å². The summed E-state index contributed by atoms with van der Waals surface area (Å²) >= 11 is 0. The summed E-state index contributed by atoms with van der Waals surface area (Å²) in [6, 6.07) is 8.58. The van der Waals surface area contributed by atoms with Crippen molar-refractivity contribution in [3.05, 3.63) is 54.2 Å². The van der Waals surface area contributed by atoms with Gasteiger partial charge in [-0.1, -0.05) is 0 Å². The number of halogens is 1. The molecule has 1 heterocycles. The maximum atomic E-state index is 13.1. The second-order valence-corrected chi connectivity index (χ2v) is 7.87. The van der Waals surface area contributed by atoms with Gasteiger partial charge in [0.05, 0.1) is 12.0 Å². The highest BCUT2D eigenvalue weighted by Gasteiger charge is 2.27. The predicted octanol–water partition coefficient (Wildman–Crippen LogP) is 1.78. The van der Waals surface area contributed by atoms with E-state index in [1.165, 1.54) is 26.2 Å². The third kappa shape index (κ3) is 5.30. The Morgan fingerprint density at radius 1 is 1.19 bits per heavy atom. The Labute approximate surface area is 152 Å². The summed E-state index contributed by atoms with van der Waals surface area (Å²) in [5, 5.41) is 2.69. The Morgan fingerprint density at radius 3 is 2.46 bits per heavy atom. The molecule has 0 spiro atoms. The molecule has 1 aromatic carbocycles. The van der Waals surface area contributed by atoms with Crippen LogP contribution in [0.15, 0.2) is 47.1 Å². The molecular formula is C17H22FN3O4S. The molecule has 0 atom stereocenters. The fourth-order valence-corrected chi connectivity index (χ4v) is 3.30. The second kappa shape index (κ2) is 8.81. The van der Waals surface area contributed by atoms with Gasteiger partial charge in [-0.15, -0.1) is 0 Å². The number of furan rings is 1. The van der Waals surface area contributed by atoms with Crippen molar-refractivity contribution in [1.82, 2.24) is 9.62 Å². The molecule has 142 valence electrons. The molecule has 1 N–H and O–H groups in total. The molecule has 0 aliphatic heterocycles. The number of carbonyl (C=O) groups is 1. The van der Waals surface area contributed by atoms with Crippen molar-refractivity contribution >= 4 is 21.8 Å². The van der Waals surface area contributed by atoms with Crippen molar-refractivity contribution in [3.8, 4) is 0 Å². The Hall–Kier alpha value is -2.39. The Balaban J connectivity index is 1.99. The van der Waals surface area contributed by atoms with Gasteiger partial charge in [-0.05, 0) is 42.8 Å². The van der Waals surface area contributed by atoms with E-state index < -0.39 is 28.5 Å². The lowest BCUT2D eigenvalue weighted by Crippen LogP contribution is -2.46. The summed E-state index contributed by atoms with van der Waals surface area (Å²) in [4.78, 5) is 12.2. The summed E-state index contributed by atoms with van der Waals surface area (Å²) in [7, 11) is -1.16. The molecule has 0 aliphatic rings. The number of anilines is 1. The van der Waals surface area contributed by atoms with E-state index in [1.807, 2.05) is 6.07 Å². The molecule has 9 heteroatoms. The minimum Gasteiger partial charge on any atom is -0.469 e. The van der Waals surface area contributed by atoms with E-state index in [4.69, 9.17) is 4.42 Å². The van der Waals surface area contributed by atoms with Gasteiger partial charge < -0.3 is 9.73 Å². The van der Waals surface area contributed by atoms with E-state index in [-0.39, 0.29) is 5.69 Å². The Kier molecular flexibility index (Phi) is 6.76. The monoisotopic (exact) mass is 383 g/mol. The second-order valence-electron chi connectivity index (χ2n) is 5.81. The first-order valence-corrected chi connectivity index (χ1v) is 9.45. The highest BCUT2D eigenvalue weighted by atomic mass is 32.2. The first kappa shape index (κ1) is 19.9. The molecule has 1 amide bonds. The number of benzene rings is 1. The fraction of sp³-hybridized carbons (Fsp3) is 0.353. The van der Waals surface area contributed by atoms with Crippen LogP contribution in [0.25, 0.3) is 0 Å². The van der Waals surface area contributed by atoms with Crippen LogP contribution in [0, 0.1) is 5.82 Å². The molecule has 0 fully saturated rings. The number of hydrogen-bond donors (Lipinski definition) is 1. The van der Waals surface area contributed by atoms with Crippen LogP contribution >= 0.6 is 0 Å². The SMILES string of the molecule is CN(C)S(=O)(=O)N(CC(=O)NCCCc1ccco1)c1ccc(F)cc1. The standard InChI is InChI=1S/C17H22FN3O4S/c1-20(2)26(23,24)21(15-9-7-14(18)8-10-15)13-17(22)19-11-3-5-16-6-4-12-25-16/h4,6-10,12H,3,5,11,13H2,1-2H3,(H,19,22). The Bertz CT molecular complexity index is 805. The molecule has 0 saturated carbocycles. The van der Waals surface area contributed by atoms with Gasteiger partial charge in [0.1, 0.15) is 18.1 Å². The van der Waals surface area contributed by atoms with E-state index in [2.05, 4.69) is 5.32 Å². The molecule has 0 radical (unpaired) electrons. The van der Waals surface area contributed by atoms with Gasteiger partial charge >= 0.3 is 10.2 Å². The summed E-state index contributed by atoms with van der Waals surface area (Å²) in [6.07, 6.45) is 2.92. The van der Waals surface area contributed by atoms with Crippen LogP contribution < -0.4 is 9.62 Å². The van der Waals surface area contributed by atoms with E-state index in [0.29, 0.717) is 19.4 Å². The van der Waals surface area contributed by atoms with Crippen LogP contribution in [-0.2, 0) is 21.4 Å². The predicted molar refractivity (Wildman–Crippen MR) is 96.4 cm³/mol. The molecule has 2 rings (SSSR count). The maximum absolute atomic E-state index is 13.1. The van der Waals surface area contributed by atoms with Gasteiger partial charge in [-0.2, -0.15) is 12.7 Å². The van der Waals surface area contributed by atoms with Crippen molar-refractivity contribution < 1.29 is 22.0 Å². The van der Waals surface area contributed by atoms with Crippen LogP contribution in [0.3, 0.4) is 0 Å². The third-order valence-electron chi connectivity index (χ3n) is 3.64. The molecule has 26 heavy (non-hydrogen) atoms. The zero-order chi connectivity index (χ0) is 19.2. The molecule has 0 aliphatic carbocycles. The minimum atomic E-state index is -3.90. The van der Waals surface area contributed by atoms with Gasteiger partial charge in [-0.25, -0.2) is 8.70 Å². The molecule has 0 unspecified atom stereocenters. The average molecular weight is 383 g/mol. The molecule has 0 saturated heterocycles. The molecule has 2 aromatic rings. The largest absolute Gasteiger partial charge is 0.469 e. The lowest BCUT2D eigenvalue weighted by atomic mass is 10.2. The molecule has 7 nitrogen and oxygen atoms in total. The highest BCUT2D eigenvalue weighted by Crippen LogP contribution is 2.19. The van der Waals surface area contributed by atoms with Crippen LogP contribution in [0.5, 0.6) is 0 Å².